The zero-order valence-corrected chi connectivity index (χ0v) is 21.7. The van der Waals surface area contributed by atoms with Crippen molar-refractivity contribution in [3.05, 3.63) is 29.3 Å². The minimum atomic E-state index is -0.101. The highest BCUT2D eigenvalue weighted by Gasteiger charge is 2.55. The van der Waals surface area contributed by atoms with Crippen LogP contribution in [0.2, 0.25) is 0 Å². The summed E-state index contributed by atoms with van der Waals surface area (Å²) in [5, 5.41) is 11.8. The molecule has 2 saturated carbocycles. The van der Waals surface area contributed by atoms with Crippen LogP contribution in [0.5, 0.6) is 5.75 Å². The second kappa shape index (κ2) is 13.0. The maximum Gasteiger partial charge on any atom is 0.222 e. The van der Waals surface area contributed by atoms with E-state index in [2.05, 4.69) is 30.4 Å². The second-order valence-corrected chi connectivity index (χ2v) is 10.9. The molecule has 200 valence electrons. The summed E-state index contributed by atoms with van der Waals surface area (Å²) >= 11 is 0. The van der Waals surface area contributed by atoms with Gasteiger partial charge in [0.15, 0.2) is 0 Å². The zero-order chi connectivity index (χ0) is 25.4. The van der Waals surface area contributed by atoms with E-state index in [1.54, 1.807) is 0 Å². The molecular formula is C29H43NO6. The molecule has 0 aliphatic heterocycles. The Bertz CT molecular complexity index is 875. The van der Waals surface area contributed by atoms with Crippen molar-refractivity contribution < 1.29 is 28.9 Å². The van der Waals surface area contributed by atoms with Crippen LogP contribution in [0.4, 0.5) is 0 Å². The lowest BCUT2D eigenvalue weighted by Crippen LogP contribution is -2.44. The van der Waals surface area contributed by atoms with Crippen LogP contribution in [-0.2, 0) is 25.5 Å². The van der Waals surface area contributed by atoms with E-state index in [-0.39, 0.29) is 24.3 Å². The van der Waals surface area contributed by atoms with Crippen molar-refractivity contribution in [2.75, 3.05) is 39.6 Å². The Balaban J connectivity index is 1.23. The third-order valence-corrected chi connectivity index (χ3v) is 8.79. The van der Waals surface area contributed by atoms with E-state index in [1.807, 2.05) is 0 Å². The zero-order valence-electron chi connectivity index (χ0n) is 21.7. The summed E-state index contributed by atoms with van der Waals surface area (Å²) in [4.78, 5) is 21.9. The van der Waals surface area contributed by atoms with Gasteiger partial charge in [-0.2, -0.15) is 0 Å². The van der Waals surface area contributed by atoms with Gasteiger partial charge in [0.25, 0.3) is 0 Å². The van der Waals surface area contributed by atoms with Crippen LogP contribution in [0, 0.1) is 17.3 Å². The van der Waals surface area contributed by atoms with E-state index in [0.717, 1.165) is 43.1 Å². The van der Waals surface area contributed by atoms with E-state index in [4.69, 9.17) is 19.3 Å². The molecule has 1 aromatic carbocycles. The van der Waals surface area contributed by atoms with Crippen molar-refractivity contribution in [2.45, 2.75) is 76.7 Å². The molecule has 1 aromatic rings. The lowest BCUT2D eigenvalue weighted by atomic mass is 9.55. The number of carbonyl (C=O) groups excluding carboxylic acids is 2. The SMILES string of the molecule is CC12CCC3c4ccc(OCCOCCC(=O)NCCC=O)cc4CC[C@@H]3C1CCC2OCCCO. The average Bonchev–Trinajstić information content (AvgIpc) is 3.22. The predicted octanol–water partition coefficient (Wildman–Crippen LogP) is 3.80. The summed E-state index contributed by atoms with van der Waals surface area (Å²) in [5.74, 6) is 2.89. The number of aldehydes is 1. The number of fused-ring (bicyclic) bond motifs is 5. The minimum absolute atomic E-state index is 0.101. The quantitative estimate of drug-likeness (QED) is 0.298. The molecule has 1 amide bonds. The van der Waals surface area contributed by atoms with Gasteiger partial charge in [0.05, 0.1) is 19.3 Å². The smallest absolute Gasteiger partial charge is 0.222 e. The number of benzene rings is 1. The summed E-state index contributed by atoms with van der Waals surface area (Å²) in [7, 11) is 0. The fourth-order valence-electron chi connectivity index (χ4n) is 7.01. The Labute approximate surface area is 215 Å². The molecule has 2 N–H and O–H groups in total. The lowest BCUT2D eigenvalue weighted by Gasteiger charge is -2.50. The standard InChI is InChI=1S/C29H43NO6/c1-29-12-10-24-23-7-5-22(35-19-18-34-17-11-28(33)30-13-2-14-31)20-21(23)4-6-25(24)26(29)8-9-27(29)36-16-3-15-32/h5,7,14,20,24-27,32H,2-4,6,8-13,15-19H2,1H3,(H,30,33)/t24?,25-,26?,27?,29?/m0/s1. The lowest BCUT2D eigenvalue weighted by molar-refractivity contribution is -0.122. The van der Waals surface area contributed by atoms with Crippen LogP contribution in [0.3, 0.4) is 0 Å². The van der Waals surface area contributed by atoms with Gasteiger partial charge in [0.1, 0.15) is 18.6 Å². The molecule has 0 aromatic heterocycles. The molecule has 5 atom stereocenters. The molecule has 36 heavy (non-hydrogen) atoms. The third kappa shape index (κ3) is 6.29. The topological polar surface area (TPSA) is 94.1 Å². The number of aliphatic hydroxyl groups is 1. The highest BCUT2D eigenvalue weighted by Crippen LogP contribution is 2.61. The first kappa shape index (κ1) is 27.1. The Hall–Kier alpha value is -1.96. The number of rotatable bonds is 14. The van der Waals surface area contributed by atoms with Gasteiger partial charge in [0, 0.05) is 32.6 Å². The highest BCUT2D eigenvalue weighted by atomic mass is 16.5. The van der Waals surface area contributed by atoms with Crippen molar-refractivity contribution in [3.63, 3.8) is 0 Å². The van der Waals surface area contributed by atoms with Gasteiger partial charge in [-0.1, -0.05) is 13.0 Å². The van der Waals surface area contributed by atoms with Gasteiger partial charge >= 0.3 is 0 Å². The van der Waals surface area contributed by atoms with E-state index in [9.17, 15) is 9.59 Å². The highest BCUT2D eigenvalue weighted by molar-refractivity contribution is 5.76. The number of aryl methyl sites for hydroxylation is 1. The first-order valence-electron chi connectivity index (χ1n) is 13.8. The third-order valence-electron chi connectivity index (χ3n) is 8.79. The van der Waals surface area contributed by atoms with Crippen molar-refractivity contribution in [2.24, 2.45) is 17.3 Å². The first-order valence-corrected chi connectivity index (χ1v) is 13.8. The van der Waals surface area contributed by atoms with Crippen molar-refractivity contribution >= 4 is 12.2 Å². The number of hydrogen-bond acceptors (Lipinski definition) is 6. The normalized spacial score (nSPS) is 28.6. The monoisotopic (exact) mass is 501 g/mol. The summed E-state index contributed by atoms with van der Waals surface area (Å²) in [6.45, 7) is 4.95. The molecule has 3 aliphatic rings. The van der Waals surface area contributed by atoms with Gasteiger partial charge < -0.3 is 29.4 Å². The summed E-state index contributed by atoms with van der Waals surface area (Å²) < 4.78 is 17.7. The molecule has 0 heterocycles. The Kier molecular flexibility index (Phi) is 9.80. The maximum atomic E-state index is 11.6. The Morgan fingerprint density at radius 1 is 1.17 bits per heavy atom. The molecule has 7 nitrogen and oxygen atoms in total. The largest absolute Gasteiger partial charge is 0.491 e. The number of hydrogen-bond donors (Lipinski definition) is 2. The summed E-state index contributed by atoms with van der Waals surface area (Å²) in [6.07, 6.45) is 9.68. The number of nitrogens with one attached hydrogen (secondary N) is 1. The predicted molar refractivity (Wildman–Crippen MR) is 137 cm³/mol. The van der Waals surface area contributed by atoms with E-state index < -0.39 is 0 Å². The molecule has 3 aliphatic carbocycles. The number of aliphatic hydroxyl groups excluding tert-OH is 1. The number of ether oxygens (including phenoxy) is 3. The van der Waals surface area contributed by atoms with Gasteiger partial charge in [-0.05, 0) is 91.4 Å². The van der Waals surface area contributed by atoms with E-state index in [0.29, 0.717) is 51.4 Å². The van der Waals surface area contributed by atoms with Gasteiger partial charge in [-0.3, -0.25) is 4.79 Å². The van der Waals surface area contributed by atoms with Crippen molar-refractivity contribution in [1.82, 2.24) is 5.32 Å². The molecule has 7 heteroatoms. The van der Waals surface area contributed by atoms with Gasteiger partial charge in [0.2, 0.25) is 5.91 Å². The second-order valence-electron chi connectivity index (χ2n) is 10.9. The molecular weight excluding hydrogens is 458 g/mol. The van der Waals surface area contributed by atoms with Crippen LogP contribution in [-0.4, -0.2) is 63.0 Å². The molecule has 4 unspecified atom stereocenters. The summed E-state index contributed by atoms with van der Waals surface area (Å²) in [5.41, 5.74) is 3.22. The van der Waals surface area contributed by atoms with Crippen molar-refractivity contribution in [3.8, 4) is 5.75 Å². The molecule has 4 rings (SSSR count). The fourth-order valence-corrected chi connectivity index (χ4v) is 7.01. The number of amides is 1. The number of carbonyl (C=O) groups is 2. The fraction of sp³-hybridized carbons (Fsp3) is 0.724. The molecule has 0 radical (unpaired) electrons. The van der Waals surface area contributed by atoms with Gasteiger partial charge in [-0.15, -0.1) is 0 Å². The Morgan fingerprint density at radius 3 is 2.89 bits per heavy atom. The minimum Gasteiger partial charge on any atom is -0.491 e. The van der Waals surface area contributed by atoms with Crippen LogP contribution < -0.4 is 10.1 Å². The van der Waals surface area contributed by atoms with E-state index in [1.165, 1.54) is 36.8 Å². The van der Waals surface area contributed by atoms with E-state index >= 15 is 0 Å². The summed E-state index contributed by atoms with van der Waals surface area (Å²) in [6, 6.07) is 6.61. The van der Waals surface area contributed by atoms with Crippen LogP contribution >= 0.6 is 0 Å². The van der Waals surface area contributed by atoms with Gasteiger partial charge in [-0.25, -0.2) is 0 Å². The Morgan fingerprint density at radius 2 is 2.06 bits per heavy atom. The molecule has 2 fully saturated rings. The maximum absolute atomic E-state index is 11.6. The van der Waals surface area contributed by atoms with Crippen molar-refractivity contribution in [1.29, 1.82) is 0 Å². The molecule has 0 saturated heterocycles. The van der Waals surface area contributed by atoms with Crippen LogP contribution in [0.1, 0.15) is 75.3 Å². The molecule has 0 bridgehead atoms. The first-order chi connectivity index (χ1) is 17.6. The molecule has 0 spiro atoms. The van der Waals surface area contributed by atoms with Crippen LogP contribution in [0.15, 0.2) is 18.2 Å². The van der Waals surface area contributed by atoms with Crippen LogP contribution in [0.25, 0.3) is 0 Å². The average molecular weight is 502 g/mol.